The van der Waals surface area contributed by atoms with Crippen molar-refractivity contribution in [3.05, 3.63) is 36.5 Å². The number of rotatable bonds is 63. The van der Waals surface area contributed by atoms with E-state index in [1.807, 2.05) is 0 Å². The average molecular weight is 1050 g/mol. The number of aliphatic hydroxyl groups excluding tert-OH is 2. The van der Waals surface area contributed by atoms with Gasteiger partial charge in [-0.3, -0.25) is 9.59 Å². The molecule has 0 aromatic rings. The van der Waals surface area contributed by atoms with Crippen molar-refractivity contribution in [2.45, 2.75) is 379 Å². The molecule has 0 saturated carbocycles. The predicted octanol–water partition coefficient (Wildman–Crippen LogP) is 21.5. The van der Waals surface area contributed by atoms with E-state index in [2.05, 4.69) is 55.6 Å². The number of esters is 1. The Morgan fingerprint density at radius 1 is 0.373 bits per heavy atom. The number of unbranched alkanes of at least 4 members (excludes halogenated alkanes) is 46. The third-order valence-electron chi connectivity index (χ3n) is 15.7. The molecule has 442 valence electrons. The van der Waals surface area contributed by atoms with E-state index in [9.17, 15) is 19.8 Å². The van der Waals surface area contributed by atoms with Crippen LogP contribution in [-0.2, 0) is 14.3 Å². The summed E-state index contributed by atoms with van der Waals surface area (Å²) in [6, 6.07) is -0.551. The standard InChI is InChI=1S/C69H131NO5/c1-3-5-7-9-11-13-15-17-19-20-21-22-23-24-25-26-28-31-34-37-41-45-49-53-57-61-67(72)66(65-71)70-68(73)62-58-54-50-46-42-38-35-32-29-27-30-33-36-40-44-48-52-56-60-64-75-69(74)63-59-55-51-47-43-39-18-16-14-12-10-8-6-4-2/h10,12,16,18,27,29,66-67,71-72H,3-9,11,13-15,17,19-26,28,30-65H2,1-2H3,(H,70,73)/b12-10-,18-16-,29-27-. The Morgan fingerprint density at radius 2 is 0.680 bits per heavy atom. The van der Waals surface area contributed by atoms with Crippen LogP contribution in [-0.4, -0.2) is 47.4 Å². The fraction of sp³-hybridized carbons (Fsp3) is 0.884. The van der Waals surface area contributed by atoms with Crippen LogP contribution in [0.4, 0.5) is 0 Å². The molecule has 0 aliphatic heterocycles. The van der Waals surface area contributed by atoms with Gasteiger partial charge in [-0.05, 0) is 77.0 Å². The van der Waals surface area contributed by atoms with Gasteiger partial charge in [0.2, 0.25) is 5.91 Å². The van der Waals surface area contributed by atoms with E-state index in [0.717, 1.165) is 57.8 Å². The second-order valence-corrected chi connectivity index (χ2v) is 23.1. The molecule has 0 bridgehead atoms. The van der Waals surface area contributed by atoms with Gasteiger partial charge in [0, 0.05) is 12.8 Å². The predicted molar refractivity (Wildman–Crippen MR) is 329 cm³/mol. The Labute approximate surface area is 468 Å². The highest BCUT2D eigenvalue weighted by atomic mass is 16.5. The molecule has 6 heteroatoms. The molecular formula is C69H131NO5. The van der Waals surface area contributed by atoms with Crippen molar-refractivity contribution >= 4 is 11.9 Å². The van der Waals surface area contributed by atoms with Crippen LogP contribution in [0.3, 0.4) is 0 Å². The smallest absolute Gasteiger partial charge is 0.305 e. The summed E-state index contributed by atoms with van der Waals surface area (Å²) >= 11 is 0. The van der Waals surface area contributed by atoms with Gasteiger partial charge in [-0.15, -0.1) is 0 Å². The third-order valence-corrected chi connectivity index (χ3v) is 15.7. The summed E-state index contributed by atoms with van der Waals surface area (Å²) in [5.74, 6) is -0.0512. The second kappa shape index (κ2) is 64.6. The Kier molecular flexibility index (Phi) is 63.0. The number of nitrogens with one attached hydrogen (secondary N) is 1. The zero-order valence-electron chi connectivity index (χ0n) is 50.5. The minimum absolute atomic E-state index is 0.0101. The van der Waals surface area contributed by atoms with Crippen LogP contribution in [0.25, 0.3) is 0 Å². The van der Waals surface area contributed by atoms with Gasteiger partial charge in [0.05, 0.1) is 25.4 Å². The number of hydrogen-bond donors (Lipinski definition) is 3. The lowest BCUT2D eigenvalue weighted by atomic mass is 10.0. The molecule has 2 atom stereocenters. The highest BCUT2D eigenvalue weighted by molar-refractivity contribution is 5.76. The number of ether oxygens (including phenoxy) is 1. The SMILES string of the molecule is CCCC/C=C\C/C=C\CCCCCCCC(=O)OCCCCCCCCCC/C=C\CCCCCCCCCC(=O)NC(CO)C(O)CCCCCCCCCCCCCCCCCCCCCCCCCCC. The molecule has 0 radical (unpaired) electrons. The molecule has 3 N–H and O–H groups in total. The first-order valence-electron chi connectivity index (χ1n) is 33.7. The van der Waals surface area contributed by atoms with E-state index in [4.69, 9.17) is 4.74 Å². The van der Waals surface area contributed by atoms with Crippen molar-refractivity contribution in [3.63, 3.8) is 0 Å². The first-order chi connectivity index (χ1) is 37.0. The van der Waals surface area contributed by atoms with Crippen molar-refractivity contribution in [1.82, 2.24) is 5.32 Å². The molecule has 0 spiro atoms. The molecule has 0 saturated heterocycles. The summed E-state index contributed by atoms with van der Waals surface area (Å²) in [6.07, 6.45) is 81.7. The first-order valence-corrected chi connectivity index (χ1v) is 33.7. The van der Waals surface area contributed by atoms with Crippen molar-refractivity contribution in [3.8, 4) is 0 Å². The van der Waals surface area contributed by atoms with Crippen molar-refractivity contribution in [1.29, 1.82) is 0 Å². The first kappa shape index (κ1) is 73.1. The minimum Gasteiger partial charge on any atom is -0.466 e. The van der Waals surface area contributed by atoms with E-state index < -0.39 is 12.1 Å². The van der Waals surface area contributed by atoms with E-state index in [-0.39, 0.29) is 18.5 Å². The summed E-state index contributed by atoms with van der Waals surface area (Å²) in [7, 11) is 0. The van der Waals surface area contributed by atoms with Gasteiger partial charge in [0.25, 0.3) is 0 Å². The number of allylic oxidation sites excluding steroid dienone is 6. The lowest BCUT2D eigenvalue weighted by Crippen LogP contribution is -2.45. The maximum absolute atomic E-state index is 12.5. The van der Waals surface area contributed by atoms with Crippen LogP contribution in [0.1, 0.15) is 367 Å². The number of amides is 1. The van der Waals surface area contributed by atoms with Crippen LogP contribution >= 0.6 is 0 Å². The zero-order valence-corrected chi connectivity index (χ0v) is 50.5. The lowest BCUT2D eigenvalue weighted by molar-refractivity contribution is -0.143. The van der Waals surface area contributed by atoms with Gasteiger partial charge in [0.15, 0.2) is 0 Å². The number of aliphatic hydroxyl groups is 2. The van der Waals surface area contributed by atoms with E-state index in [0.29, 0.717) is 25.9 Å². The van der Waals surface area contributed by atoms with Crippen LogP contribution in [0.15, 0.2) is 36.5 Å². The molecular weight excluding hydrogens is 923 g/mol. The summed E-state index contributed by atoms with van der Waals surface area (Å²) in [5.41, 5.74) is 0. The molecule has 2 unspecified atom stereocenters. The van der Waals surface area contributed by atoms with Gasteiger partial charge >= 0.3 is 5.97 Å². The monoisotopic (exact) mass is 1050 g/mol. The Bertz CT molecular complexity index is 1210. The summed E-state index contributed by atoms with van der Waals surface area (Å²) < 4.78 is 5.47. The molecule has 0 aliphatic carbocycles. The third kappa shape index (κ3) is 61.2. The molecule has 6 nitrogen and oxygen atoms in total. The molecule has 1 amide bonds. The Morgan fingerprint density at radius 3 is 1.07 bits per heavy atom. The van der Waals surface area contributed by atoms with Crippen molar-refractivity contribution < 1.29 is 24.5 Å². The highest BCUT2D eigenvalue weighted by Crippen LogP contribution is 2.18. The molecule has 75 heavy (non-hydrogen) atoms. The summed E-state index contributed by atoms with van der Waals surface area (Å²) in [5, 5.41) is 23.4. The Hall–Kier alpha value is -1.92. The van der Waals surface area contributed by atoms with Gasteiger partial charge in [-0.1, -0.05) is 314 Å². The maximum atomic E-state index is 12.5. The maximum Gasteiger partial charge on any atom is 0.305 e. The quantitative estimate of drug-likeness (QED) is 0.0320. The van der Waals surface area contributed by atoms with Crippen molar-refractivity contribution in [2.24, 2.45) is 0 Å². The molecule has 0 aromatic carbocycles. The topological polar surface area (TPSA) is 95.9 Å². The molecule has 0 aliphatic rings. The minimum atomic E-state index is -0.673. The molecule has 0 fully saturated rings. The summed E-state index contributed by atoms with van der Waals surface area (Å²) in [4.78, 5) is 24.6. The Balaban J connectivity index is 3.44. The number of carbonyl (C=O) groups excluding carboxylic acids is 2. The average Bonchev–Trinajstić information content (AvgIpc) is 3.41. The number of hydrogen-bond acceptors (Lipinski definition) is 5. The van der Waals surface area contributed by atoms with Gasteiger partial charge in [-0.25, -0.2) is 0 Å². The van der Waals surface area contributed by atoms with E-state index in [1.165, 1.54) is 276 Å². The molecule has 0 aromatic heterocycles. The van der Waals surface area contributed by atoms with E-state index in [1.54, 1.807) is 0 Å². The van der Waals surface area contributed by atoms with Crippen LogP contribution in [0, 0.1) is 0 Å². The van der Waals surface area contributed by atoms with Crippen LogP contribution in [0.2, 0.25) is 0 Å². The van der Waals surface area contributed by atoms with Crippen LogP contribution in [0.5, 0.6) is 0 Å². The van der Waals surface area contributed by atoms with Crippen LogP contribution < -0.4 is 5.32 Å². The normalized spacial score (nSPS) is 12.7. The van der Waals surface area contributed by atoms with Gasteiger partial charge < -0.3 is 20.3 Å². The largest absolute Gasteiger partial charge is 0.466 e. The highest BCUT2D eigenvalue weighted by Gasteiger charge is 2.20. The zero-order chi connectivity index (χ0) is 54.3. The van der Waals surface area contributed by atoms with E-state index >= 15 is 0 Å². The van der Waals surface area contributed by atoms with Crippen molar-refractivity contribution in [2.75, 3.05) is 13.2 Å². The fourth-order valence-electron chi connectivity index (χ4n) is 10.5. The number of carbonyl (C=O) groups is 2. The van der Waals surface area contributed by atoms with Gasteiger partial charge in [-0.2, -0.15) is 0 Å². The fourth-order valence-corrected chi connectivity index (χ4v) is 10.5. The van der Waals surface area contributed by atoms with Gasteiger partial charge in [0.1, 0.15) is 0 Å². The summed E-state index contributed by atoms with van der Waals surface area (Å²) in [6.45, 7) is 4.92. The molecule has 0 heterocycles. The molecule has 0 rings (SSSR count). The second-order valence-electron chi connectivity index (χ2n) is 23.1. The lowest BCUT2D eigenvalue weighted by Gasteiger charge is -2.22.